The number of carboxylic acid groups (broad SMARTS) is 1. The molecule has 0 bridgehead atoms. The maximum atomic E-state index is 12.4. The van der Waals surface area contributed by atoms with Crippen LogP contribution in [-0.4, -0.2) is 48.1 Å². The molecule has 0 saturated carbocycles. The van der Waals surface area contributed by atoms with Crippen molar-refractivity contribution in [2.45, 2.75) is 24.3 Å². The normalized spacial score (nSPS) is 22.5. The molecule has 1 aromatic rings. The number of carbonyl (C=O) groups is 1. The van der Waals surface area contributed by atoms with Gasteiger partial charge in [0, 0.05) is 13.1 Å². The number of rotatable bonds is 4. The van der Waals surface area contributed by atoms with E-state index in [2.05, 4.69) is 0 Å². The fourth-order valence-corrected chi connectivity index (χ4v) is 4.91. The molecule has 1 aliphatic heterocycles. The average Bonchev–Trinajstić information content (AvgIpc) is 2.98. The Morgan fingerprint density at radius 1 is 1.58 bits per heavy atom. The second-order valence-electron chi connectivity index (χ2n) is 4.57. The minimum absolute atomic E-state index is 0.0957. The molecule has 8 heteroatoms. The summed E-state index contributed by atoms with van der Waals surface area (Å²) in [5.74, 6) is -1.33. The van der Waals surface area contributed by atoms with Gasteiger partial charge in [-0.1, -0.05) is 0 Å². The monoisotopic (exact) mass is 305 g/mol. The number of aliphatic hydroxyl groups is 1. The summed E-state index contributed by atoms with van der Waals surface area (Å²) >= 11 is 0.896. The summed E-state index contributed by atoms with van der Waals surface area (Å²) in [6.07, 6.45) is 0.0188. The first-order valence-electron chi connectivity index (χ1n) is 5.83. The zero-order chi connectivity index (χ0) is 14.2. The molecule has 0 spiro atoms. The summed E-state index contributed by atoms with van der Waals surface area (Å²) in [4.78, 5) is 10.7. The van der Waals surface area contributed by atoms with Gasteiger partial charge in [0.2, 0.25) is 10.0 Å². The van der Waals surface area contributed by atoms with Gasteiger partial charge in [0.25, 0.3) is 0 Å². The predicted octanol–water partition coefficient (Wildman–Crippen LogP) is 0.838. The molecule has 1 saturated heterocycles. The molecule has 2 heterocycles. The lowest BCUT2D eigenvalue weighted by Gasteiger charge is -2.17. The Bertz CT molecular complexity index is 578. The first-order chi connectivity index (χ1) is 8.84. The highest BCUT2D eigenvalue weighted by Crippen LogP contribution is 2.30. The van der Waals surface area contributed by atoms with E-state index in [-0.39, 0.29) is 22.2 Å². The van der Waals surface area contributed by atoms with Gasteiger partial charge in [0.15, 0.2) is 0 Å². The molecule has 1 fully saturated rings. The number of nitrogens with zero attached hydrogens (tertiary/aromatic N) is 1. The molecule has 2 atom stereocenters. The van der Waals surface area contributed by atoms with Gasteiger partial charge in [-0.25, -0.2) is 13.2 Å². The van der Waals surface area contributed by atoms with Crippen LogP contribution in [0.1, 0.15) is 23.0 Å². The first-order valence-corrected chi connectivity index (χ1v) is 8.15. The van der Waals surface area contributed by atoms with Crippen molar-refractivity contribution in [2.24, 2.45) is 5.92 Å². The fraction of sp³-hybridized carbons (Fsp3) is 0.545. The predicted molar refractivity (Wildman–Crippen MR) is 69.8 cm³/mol. The summed E-state index contributed by atoms with van der Waals surface area (Å²) in [7, 11) is -3.79. The van der Waals surface area contributed by atoms with Crippen molar-refractivity contribution < 1.29 is 23.4 Å². The molecule has 0 amide bonds. The summed E-state index contributed by atoms with van der Waals surface area (Å²) in [5, 5.41) is 19.9. The van der Waals surface area contributed by atoms with Crippen LogP contribution in [0.2, 0.25) is 0 Å². The number of carboxylic acids is 1. The van der Waals surface area contributed by atoms with E-state index in [1.54, 1.807) is 6.92 Å². The number of thiophene rings is 1. The van der Waals surface area contributed by atoms with Crippen LogP contribution in [0.15, 0.2) is 16.3 Å². The zero-order valence-corrected chi connectivity index (χ0v) is 11.9. The smallest absolute Gasteiger partial charge is 0.347 e. The van der Waals surface area contributed by atoms with Crippen molar-refractivity contribution in [1.82, 2.24) is 4.31 Å². The number of sulfonamides is 1. The van der Waals surface area contributed by atoms with E-state index in [9.17, 15) is 18.3 Å². The van der Waals surface area contributed by atoms with Crippen LogP contribution in [0.4, 0.5) is 0 Å². The van der Waals surface area contributed by atoms with Gasteiger partial charge in [-0.15, -0.1) is 11.3 Å². The lowest BCUT2D eigenvalue weighted by molar-refractivity contribution is 0.0698. The molecular formula is C11H15NO5S2. The number of aliphatic hydroxyl groups excluding tert-OH is 1. The van der Waals surface area contributed by atoms with E-state index >= 15 is 0 Å². The standard InChI is InChI=1S/C11H15NO5S2/c1-7(13)8-2-4-12(6-8)19(16,17)9-3-5-18-10(9)11(14)15/h3,5,7-8,13H,2,4,6H2,1H3,(H,14,15). The highest BCUT2D eigenvalue weighted by atomic mass is 32.2. The van der Waals surface area contributed by atoms with Crippen LogP contribution in [-0.2, 0) is 10.0 Å². The molecule has 19 heavy (non-hydrogen) atoms. The van der Waals surface area contributed by atoms with E-state index in [4.69, 9.17) is 5.11 Å². The van der Waals surface area contributed by atoms with Crippen LogP contribution >= 0.6 is 11.3 Å². The van der Waals surface area contributed by atoms with E-state index in [0.717, 1.165) is 11.3 Å². The highest BCUT2D eigenvalue weighted by Gasteiger charge is 2.36. The second-order valence-corrected chi connectivity index (χ2v) is 7.39. The van der Waals surface area contributed by atoms with Gasteiger partial charge >= 0.3 is 5.97 Å². The van der Waals surface area contributed by atoms with Gasteiger partial charge in [-0.2, -0.15) is 4.31 Å². The molecule has 2 unspecified atom stereocenters. The Labute approximate surface area is 115 Å². The zero-order valence-electron chi connectivity index (χ0n) is 10.3. The van der Waals surface area contributed by atoms with Crippen molar-refractivity contribution in [3.8, 4) is 0 Å². The lowest BCUT2D eigenvalue weighted by atomic mass is 10.0. The Hall–Kier alpha value is -0.960. The second kappa shape index (κ2) is 5.20. The molecule has 1 aromatic heterocycles. The maximum absolute atomic E-state index is 12.4. The summed E-state index contributed by atoms with van der Waals surface area (Å²) in [6.45, 7) is 2.18. The Balaban J connectivity index is 2.29. The van der Waals surface area contributed by atoms with Crippen LogP contribution in [0.3, 0.4) is 0 Å². The summed E-state index contributed by atoms with van der Waals surface area (Å²) in [5.41, 5.74) is 0. The van der Waals surface area contributed by atoms with Crippen molar-refractivity contribution in [3.63, 3.8) is 0 Å². The van der Waals surface area contributed by atoms with Gasteiger partial charge in [-0.05, 0) is 30.7 Å². The lowest BCUT2D eigenvalue weighted by Crippen LogP contribution is -2.31. The van der Waals surface area contributed by atoms with Crippen LogP contribution in [0.5, 0.6) is 0 Å². The Morgan fingerprint density at radius 2 is 2.26 bits per heavy atom. The molecule has 0 radical (unpaired) electrons. The largest absolute Gasteiger partial charge is 0.477 e. The quantitative estimate of drug-likeness (QED) is 0.859. The van der Waals surface area contributed by atoms with Crippen molar-refractivity contribution in [3.05, 3.63) is 16.3 Å². The number of aromatic carboxylic acids is 1. The molecule has 106 valence electrons. The average molecular weight is 305 g/mol. The van der Waals surface area contributed by atoms with Crippen LogP contribution < -0.4 is 0 Å². The maximum Gasteiger partial charge on any atom is 0.347 e. The van der Waals surface area contributed by atoms with Crippen LogP contribution in [0, 0.1) is 5.92 Å². The van der Waals surface area contributed by atoms with E-state index in [1.807, 2.05) is 0 Å². The number of hydrogen-bond acceptors (Lipinski definition) is 5. The van der Waals surface area contributed by atoms with Gasteiger partial charge in [0.1, 0.15) is 9.77 Å². The molecular weight excluding hydrogens is 290 g/mol. The van der Waals surface area contributed by atoms with Crippen molar-refractivity contribution in [2.75, 3.05) is 13.1 Å². The third-order valence-corrected chi connectivity index (χ3v) is 6.25. The molecule has 6 nitrogen and oxygen atoms in total. The molecule has 0 aliphatic carbocycles. The van der Waals surface area contributed by atoms with Gasteiger partial charge < -0.3 is 10.2 Å². The van der Waals surface area contributed by atoms with E-state index in [0.29, 0.717) is 13.0 Å². The Kier molecular flexibility index (Phi) is 3.95. The Morgan fingerprint density at radius 3 is 2.79 bits per heavy atom. The SMILES string of the molecule is CC(O)C1CCN(S(=O)(=O)c2ccsc2C(=O)O)C1. The topological polar surface area (TPSA) is 94.9 Å². The summed E-state index contributed by atoms with van der Waals surface area (Å²) < 4.78 is 26.0. The van der Waals surface area contributed by atoms with Crippen LogP contribution in [0.25, 0.3) is 0 Å². The van der Waals surface area contributed by atoms with Crippen molar-refractivity contribution in [1.29, 1.82) is 0 Å². The minimum Gasteiger partial charge on any atom is -0.477 e. The van der Waals surface area contributed by atoms with Gasteiger partial charge in [-0.3, -0.25) is 0 Å². The third kappa shape index (κ3) is 2.66. The third-order valence-electron chi connectivity index (χ3n) is 3.31. The molecule has 0 aromatic carbocycles. The minimum atomic E-state index is -3.79. The number of hydrogen-bond donors (Lipinski definition) is 2. The van der Waals surface area contributed by atoms with Gasteiger partial charge in [0.05, 0.1) is 6.10 Å². The first kappa shape index (κ1) is 14.4. The highest BCUT2D eigenvalue weighted by molar-refractivity contribution is 7.89. The summed E-state index contributed by atoms with van der Waals surface area (Å²) in [6, 6.07) is 1.32. The fourth-order valence-electron chi connectivity index (χ4n) is 2.16. The molecule has 2 N–H and O–H groups in total. The van der Waals surface area contributed by atoms with E-state index < -0.39 is 22.1 Å². The molecule has 2 rings (SSSR count). The molecule has 1 aliphatic rings. The van der Waals surface area contributed by atoms with E-state index in [1.165, 1.54) is 15.8 Å². The van der Waals surface area contributed by atoms with Crippen molar-refractivity contribution >= 4 is 27.3 Å².